The monoisotopic (exact) mass is 736 g/mol. The van der Waals surface area contributed by atoms with E-state index >= 15 is 0 Å². The molecule has 2 saturated heterocycles. The predicted octanol–water partition coefficient (Wildman–Crippen LogP) is 2.90. The predicted molar refractivity (Wildman–Crippen MR) is 183 cm³/mol. The minimum atomic E-state index is -0.867. The van der Waals surface area contributed by atoms with Crippen LogP contribution in [0, 0.1) is 12.3 Å². The number of nitrogens with one attached hydrogen (secondary N) is 2. The lowest BCUT2D eigenvalue weighted by Gasteiger charge is -2.24. The number of carbonyl (C=O) groups excluding carboxylic acids is 1. The molecule has 4 heterocycles. The SMILES string of the molecule is C#CCOCCOCCOCCOCCNC(=O)C[C@@H](Nc1nc(Cl)nc2c1cnn2[C@@H]1O[C@H](CO)[C@H]2OC(C)(C)O[C@H]21)c1cccc(Cl)c1. The molecule has 0 spiro atoms. The Kier molecular flexibility index (Phi) is 14.0. The van der Waals surface area contributed by atoms with Crippen LogP contribution in [0.5, 0.6) is 0 Å². The minimum absolute atomic E-state index is 0.0441. The Morgan fingerprint density at radius 2 is 1.76 bits per heavy atom. The van der Waals surface area contributed by atoms with Crippen LogP contribution in [0.2, 0.25) is 10.3 Å². The number of hydrogen-bond acceptors (Lipinski definition) is 13. The number of aliphatic hydroxyl groups is 1. The lowest BCUT2D eigenvalue weighted by Crippen LogP contribution is -2.31. The van der Waals surface area contributed by atoms with Gasteiger partial charge in [-0.05, 0) is 43.1 Å². The van der Waals surface area contributed by atoms with Crippen molar-refractivity contribution in [3.05, 3.63) is 46.3 Å². The Morgan fingerprint density at radius 3 is 2.46 bits per heavy atom. The molecule has 1 amide bonds. The number of benzene rings is 1. The van der Waals surface area contributed by atoms with Gasteiger partial charge in [0.15, 0.2) is 17.7 Å². The van der Waals surface area contributed by atoms with Gasteiger partial charge in [-0.2, -0.15) is 15.1 Å². The molecule has 0 bridgehead atoms. The zero-order valence-electron chi connectivity index (χ0n) is 27.9. The van der Waals surface area contributed by atoms with Crippen LogP contribution < -0.4 is 10.6 Å². The number of halogens is 2. The highest BCUT2D eigenvalue weighted by molar-refractivity contribution is 6.30. The van der Waals surface area contributed by atoms with Crippen molar-refractivity contribution in [3.8, 4) is 12.3 Å². The fourth-order valence-corrected chi connectivity index (χ4v) is 6.01. The van der Waals surface area contributed by atoms with Crippen molar-refractivity contribution >= 4 is 46.0 Å². The summed E-state index contributed by atoms with van der Waals surface area (Å²) in [6, 6.07) is 6.65. The van der Waals surface area contributed by atoms with Crippen LogP contribution in [-0.2, 0) is 38.0 Å². The first kappa shape index (κ1) is 38.1. The van der Waals surface area contributed by atoms with Gasteiger partial charge in [-0.1, -0.05) is 29.7 Å². The third kappa shape index (κ3) is 10.2. The summed E-state index contributed by atoms with van der Waals surface area (Å²) in [6.07, 6.45) is 4.32. The normalized spacial score (nSPS) is 21.6. The minimum Gasteiger partial charge on any atom is -0.394 e. The maximum absolute atomic E-state index is 13.1. The third-order valence-corrected chi connectivity index (χ3v) is 8.20. The Bertz CT molecular complexity index is 1610. The molecule has 2 aromatic heterocycles. The molecule has 17 heteroatoms. The number of aliphatic hydroxyl groups excluding tert-OH is 1. The average molecular weight is 738 g/mol. The van der Waals surface area contributed by atoms with Crippen LogP contribution >= 0.6 is 23.2 Å². The van der Waals surface area contributed by atoms with Crippen molar-refractivity contribution in [2.45, 2.75) is 56.6 Å². The van der Waals surface area contributed by atoms with Crippen LogP contribution in [0.4, 0.5) is 5.82 Å². The van der Waals surface area contributed by atoms with Crippen LogP contribution in [-0.4, -0.2) is 121 Å². The molecule has 272 valence electrons. The molecule has 0 saturated carbocycles. The molecule has 5 rings (SSSR count). The average Bonchev–Trinajstić information content (AvgIpc) is 3.74. The summed E-state index contributed by atoms with van der Waals surface area (Å²) in [5.74, 6) is 1.65. The number of rotatable bonds is 20. The second-order valence-electron chi connectivity index (χ2n) is 11.9. The molecular formula is C33H42Cl2N6O9. The van der Waals surface area contributed by atoms with E-state index in [9.17, 15) is 9.90 Å². The van der Waals surface area contributed by atoms with Crippen molar-refractivity contribution < 1.29 is 43.1 Å². The van der Waals surface area contributed by atoms with E-state index in [1.807, 2.05) is 6.07 Å². The molecule has 2 aliphatic heterocycles. The summed E-state index contributed by atoms with van der Waals surface area (Å²) in [4.78, 5) is 22.0. The molecule has 0 unspecified atom stereocenters. The number of carbonyl (C=O) groups is 1. The van der Waals surface area contributed by atoms with E-state index in [2.05, 4.69) is 31.6 Å². The van der Waals surface area contributed by atoms with Crippen molar-refractivity contribution in [3.63, 3.8) is 0 Å². The maximum Gasteiger partial charge on any atom is 0.226 e. The third-order valence-electron chi connectivity index (χ3n) is 7.79. The number of amides is 1. The van der Waals surface area contributed by atoms with Gasteiger partial charge in [0.05, 0.1) is 76.9 Å². The van der Waals surface area contributed by atoms with Gasteiger partial charge in [0.1, 0.15) is 30.7 Å². The van der Waals surface area contributed by atoms with Gasteiger partial charge >= 0.3 is 0 Å². The highest BCUT2D eigenvalue weighted by Gasteiger charge is 2.56. The maximum atomic E-state index is 13.1. The standard InChI is InChI=1S/C33H42Cl2N6O9/c1-4-9-44-11-13-46-15-16-47-14-12-45-10-8-36-26(43)18-24(21-6-5-7-22(34)17-21)38-29-23-19-37-41(30(23)40-32(35)39-29)31-28-27(25(20-42)48-31)49-33(2,3)50-28/h1,5-7,17,19,24-25,27-28,31,42H,8-16,18,20H2,2-3H3,(H,36,43)(H,38,39,40)/t24-,25-,27-,28-,31-/m1/s1. The topological polar surface area (TPSA) is 170 Å². The number of fused-ring (bicyclic) bond motifs is 2. The lowest BCUT2D eigenvalue weighted by atomic mass is 10.0. The first-order chi connectivity index (χ1) is 24.2. The van der Waals surface area contributed by atoms with E-state index in [-0.39, 0.29) is 30.8 Å². The van der Waals surface area contributed by atoms with Gasteiger partial charge in [-0.3, -0.25) is 4.79 Å². The van der Waals surface area contributed by atoms with Gasteiger partial charge in [-0.25, -0.2) is 4.68 Å². The van der Waals surface area contributed by atoms with Gasteiger partial charge in [0, 0.05) is 11.6 Å². The van der Waals surface area contributed by atoms with Gasteiger partial charge in [-0.15, -0.1) is 6.42 Å². The molecule has 0 aliphatic carbocycles. The summed E-state index contributed by atoms with van der Waals surface area (Å²) < 4.78 is 41.3. The second kappa shape index (κ2) is 18.4. The summed E-state index contributed by atoms with van der Waals surface area (Å²) >= 11 is 12.8. The van der Waals surface area contributed by atoms with Crippen LogP contribution in [0.15, 0.2) is 30.5 Å². The van der Waals surface area contributed by atoms with Crippen LogP contribution in [0.25, 0.3) is 11.0 Å². The lowest BCUT2D eigenvalue weighted by molar-refractivity contribution is -0.201. The molecular weight excluding hydrogens is 695 g/mol. The zero-order valence-corrected chi connectivity index (χ0v) is 29.4. The molecule has 5 atom stereocenters. The highest BCUT2D eigenvalue weighted by Crippen LogP contribution is 2.44. The van der Waals surface area contributed by atoms with Crippen LogP contribution in [0.1, 0.15) is 38.1 Å². The highest BCUT2D eigenvalue weighted by atomic mass is 35.5. The number of nitrogens with zero attached hydrogens (tertiary/aromatic N) is 4. The second-order valence-corrected chi connectivity index (χ2v) is 12.7. The number of anilines is 1. The van der Waals surface area contributed by atoms with E-state index in [1.54, 1.807) is 42.9 Å². The van der Waals surface area contributed by atoms with Gasteiger partial charge < -0.3 is 48.9 Å². The summed E-state index contributed by atoms with van der Waals surface area (Å²) in [5.41, 5.74) is 1.13. The van der Waals surface area contributed by atoms with Gasteiger partial charge in [0.2, 0.25) is 11.2 Å². The van der Waals surface area contributed by atoms with E-state index in [0.29, 0.717) is 74.7 Å². The van der Waals surface area contributed by atoms with Crippen molar-refractivity contribution in [2.75, 3.05) is 71.3 Å². The first-order valence-corrected chi connectivity index (χ1v) is 17.0. The first-order valence-electron chi connectivity index (χ1n) is 16.2. The Balaban J connectivity index is 1.16. The molecule has 0 radical (unpaired) electrons. The molecule has 3 N–H and O–H groups in total. The Labute approximate surface area is 300 Å². The Morgan fingerprint density at radius 1 is 1.06 bits per heavy atom. The quantitative estimate of drug-likeness (QED) is 0.0880. The van der Waals surface area contributed by atoms with Crippen LogP contribution in [0.3, 0.4) is 0 Å². The van der Waals surface area contributed by atoms with Crippen molar-refractivity contribution in [1.82, 2.24) is 25.1 Å². The van der Waals surface area contributed by atoms with E-state index in [1.165, 1.54) is 0 Å². The van der Waals surface area contributed by atoms with Crippen molar-refractivity contribution in [2.24, 2.45) is 0 Å². The number of aromatic nitrogens is 4. The summed E-state index contributed by atoms with van der Waals surface area (Å²) in [5, 5.41) is 21.7. The smallest absolute Gasteiger partial charge is 0.226 e. The van der Waals surface area contributed by atoms with E-state index < -0.39 is 36.4 Å². The molecule has 50 heavy (non-hydrogen) atoms. The van der Waals surface area contributed by atoms with E-state index in [0.717, 1.165) is 5.56 Å². The van der Waals surface area contributed by atoms with Crippen molar-refractivity contribution in [1.29, 1.82) is 0 Å². The molecule has 3 aromatic rings. The molecule has 2 fully saturated rings. The largest absolute Gasteiger partial charge is 0.394 e. The van der Waals surface area contributed by atoms with Gasteiger partial charge in [0.25, 0.3) is 0 Å². The van der Waals surface area contributed by atoms with E-state index in [4.69, 9.17) is 62.8 Å². The summed E-state index contributed by atoms with van der Waals surface area (Å²) in [7, 11) is 0. The molecule has 2 aliphatic rings. The molecule has 15 nitrogen and oxygen atoms in total. The number of ether oxygens (including phenoxy) is 7. The fraction of sp³-hybridized carbons (Fsp3) is 0.576. The number of hydrogen-bond donors (Lipinski definition) is 3. The fourth-order valence-electron chi connectivity index (χ4n) is 5.65. The summed E-state index contributed by atoms with van der Waals surface area (Å²) in [6.45, 7) is 6.75. The number of terminal acetylenes is 1. The Hall–Kier alpha value is -3.14. The molecule has 1 aromatic carbocycles. The zero-order chi connectivity index (χ0) is 35.5.